The van der Waals surface area contributed by atoms with E-state index >= 15 is 0 Å². The van der Waals surface area contributed by atoms with Crippen LogP contribution in [0.25, 0.3) is 10.9 Å². The summed E-state index contributed by atoms with van der Waals surface area (Å²) in [5, 5.41) is 13.6. The molecule has 6 nitrogen and oxygen atoms in total. The third-order valence-electron chi connectivity index (χ3n) is 5.32. The number of nitrogens with zero attached hydrogens (tertiary/aromatic N) is 3. The number of aliphatic hydroxyl groups is 1. The molecule has 4 atom stereocenters. The molecule has 2 aliphatic rings. The van der Waals surface area contributed by atoms with Gasteiger partial charge in [0.15, 0.2) is 12.3 Å². The van der Waals surface area contributed by atoms with Crippen molar-refractivity contribution in [3.63, 3.8) is 0 Å². The van der Waals surface area contributed by atoms with Crippen LogP contribution >= 0.6 is 0 Å². The number of para-hydroxylation sites is 1. The van der Waals surface area contributed by atoms with Crippen LogP contribution in [0.4, 0.5) is 19.0 Å². The lowest BCUT2D eigenvalue weighted by Crippen LogP contribution is -2.45. The third-order valence-corrected chi connectivity index (χ3v) is 5.32. The van der Waals surface area contributed by atoms with Crippen LogP contribution in [0.1, 0.15) is 18.2 Å². The van der Waals surface area contributed by atoms with Gasteiger partial charge in [-0.25, -0.2) is 23.1 Å². The summed E-state index contributed by atoms with van der Waals surface area (Å²) in [6, 6.07) is 4.65. The number of nitrogens with two attached hydrogens (primary N) is 1. The van der Waals surface area contributed by atoms with Gasteiger partial charge in [-0.05, 0) is 43.3 Å². The summed E-state index contributed by atoms with van der Waals surface area (Å²) in [5.74, 6) is -0.679. The highest BCUT2D eigenvalue weighted by atomic mass is 19.2. The van der Waals surface area contributed by atoms with E-state index in [2.05, 4.69) is 20.2 Å². The fraction of sp³-hybridized carbons (Fsp3) is 0.400. The molecule has 4 N–H and O–H groups in total. The molecule has 1 aromatic carbocycles. The fourth-order valence-corrected chi connectivity index (χ4v) is 3.61. The molecule has 0 saturated carbocycles. The average Bonchev–Trinajstić information content (AvgIpc) is 2.67. The summed E-state index contributed by atoms with van der Waals surface area (Å²) < 4.78 is 41.4. The minimum atomic E-state index is -2.27. The molecule has 29 heavy (non-hydrogen) atoms. The number of halogens is 3. The monoisotopic (exact) mass is 405 g/mol. The largest absolute Gasteiger partial charge is 0.374 e. The lowest BCUT2D eigenvalue weighted by Gasteiger charge is -2.35. The van der Waals surface area contributed by atoms with Gasteiger partial charge in [0.2, 0.25) is 0 Å². The summed E-state index contributed by atoms with van der Waals surface area (Å²) in [5.41, 5.74) is 6.87. The summed E-state index contributed by atoms with van der Waals surface area (Å²) >= 11 is 0. The molecule has 0 amide bonds. The number of hydrogen-bond donors (Lipinski definition) is 3. The lowest BCUT2D eigenvalue weighted by molar-refractivity contribution is 0.177. The number of fused-ring (bicyclic) bond motifs is 1. The van der Waals surface area contributed by atoms with Crippen LogP contribution in [-0.4, -0.2) is 58.0 Å². The van der Waals surface area contributed by atoms with Crippen molar-refractivity contribution < 1.29 is 18.3 Å². The van der Waals surface area contributed by atoms with Crippen LogP contribution in [0, 0.1) is 0 Å². The molecule has 0 bridgehead atoms. The van der Waals surface area contributed by atoms with E-state index in [4.69, 9.17) is 5.73 Å². The minimum absolute atomic E-state index is 0.331. The van der Waals surface area contributed by atoms with E-state index in [9.17, 15) is 18.3 Å². The SMILES string of the molecule is NC(O)c1cccc2c(N[C@H](CN3CCC3)C3=CC(F)C(F)C(F)=C3)ncnc12. The molecular weight excluding hydrogens is 383 g/mol. The van der Waals surface area contributed by atoms with E-state index in [0.717, 1.165) is 31.7 Å². The van der Waals surface area contributed by atoms with Crippen molar-refractivity contribution in [3.05, 3.63) is 53.6 Å². The van der Waals surface area contributed by atoms with Gasteiger partial charge in [-0.3, -0.25) is 0 Å². The Balaban J connectivity index is 1.70. The molecule has 154 valence electrons. The van der Waals surface area contributed by atoms with E-state index in [0.29, 0.717) is 34.4 Å². The van der Waals surface area contributed by atoms with Crippen molar-refractivity contribution in [2.75, 3.05) is 25.0 Å². The second-order valence-electron chi connectivity index (χ2n) is 7.30. The molecule has 3 unspecified atom stereocenters. The Hall–Kier alpha value is -2.49. The van der Waals surface area contributed by atoms with Gasteiger partial charge in [-0.1, -0.05) is 12.1 Å². The van der Waals surface area contributed by atoms with Gasteiger partial charge in [0, 0.05) is 17.5 Å². The second-order valence-corrected chi connectivity index (χ2v) is 7.30. The number of aliphatic hydroxyl groups excluding tert-OH is 1. The molecule has 1 fully saturated rings. The number of allylic oxidation sites excluding steroid dienone is 2. The average molecular weight is 405 g/mol. The predicted octanol–water partition coefficient (Wildman–Crippen LogP) is 2.54. The summed E-state index contributed by atoms with van der Waals surface area (Å²) in [6.45, 7) is 2.26. The number of alkyl halides is 2. The zero-order valence-electron chi connectivity index (χ0n) is 15.6. The predicted molar refractivity (Wildman–Crippen MR) is 104 cm³/mol. The highest BCUT2D eigenvalue weighted by Crippen LogP contribution is 2.30. The number of likely N-dealkylation sites (tertiary alicyclic amines) is 1. The van der Waals surface area contributed by atoms with E-state index < -0.39 is 30.4 Å². The van der Waals surface area contributed by atoms with E-state index in [1.165, 1.54) is 6.33 Å². The van der Waals surface area contributed by atoms with Gasteiger partial charge in [0.25, 0.3) is 0 Å². The van der Waals surface area contributed by atoms with Crippen molar-refractivity contribution in [2.45, 2.75) is 31.0 Å². The Morgan fingerprint density at radius 2 is 2.07 bits per heavy atom. The van der Waals surface area contributed by atoms with Gasteiger partial charge >= 0.3 is 0 Å². The minimum Gasteiger partial charge on any atom is -0.374 e. The second kappa shape index (κ2) is 8.10. The van der Waals surface area contributed by atoms with Crippen LogP contribution in [0.5, 0.6) is 0 Å². The molecule has 1 aliphatic heterocycles. The number of rotatable bonds is 6. The smallest absolute Gasteiger partial charge is 0.186 e. The quantitative estimate of drug-likeness (QED) is 0.641. The van der Waals surface area contributed by atoms with Gasteiger partial charge in [0.1, 0.15) is 24.2 Å². The first-order valence-corrected chi connectivity index (χ1v) is 9.47. The van der Waals surface area contributed by atoms with Crippen LogP contribution < -0.4 is 11.1 Å². The van der Waals surface area contributed by atoms with E-state index in [1.807, 2.05) is 0 Å². The summed E-state index contributed by atoms with van der Waals surface area (Å²) in [6.07, 6.45) is -0.944. The van der Waals surface area contributed by atoms with E-state index in [-0.39, 0.29) is 0 Å². The van der Waals surface area contributed by atoms with Crippen molar-refractivity contribution in [1.29, 1.82) is 0 Å². The Bertz CT molecular complexity index is 960. The topological polar surface area (TPSA) is 87.3 Å². The maximum Gasteiger partial charge on any atom is 0.186 e. The molecule has 2 aromatic rings. The van der Waals surface area contributed by atoms with Gasteiger partial charge in [-0.2, -0.15) is 0 Å². The van der Waals surface area contributed by atoms with Gasteiger partial charge in [-0.15, -0.1) is 0 Å². The zero-order chi connectivity index (χ0) is 20.5. The Morgan fingerprint density at radius 1 is 1.28 bits per heavy atom. The van der Waals surface area contributed by atoms with Crippen LogP contribution in [0.2, 0.25) is 0 Å². The maximum absolute atomic E-state index is 14.0. The van der Waals surface area contributed by atoms with Crippen LogP contribution in [0.3, 0.4) is 0 Å². The Morgan fingerprint density at radius 3 is 2.72 bits per heavy atom. The van der Waals surface area contributed by atoms with Gasteiger partial charge in [0.05, 0.1) is 11.6 Å². The molecule has 1 saturated heterocycles. The normalized spacial score (nSPS) is 24.4. The number of hydrogen-bond acceptors (Lipinski definition) is 6. The molecule has 9 heteroatoms. The first-order valence-electron chi connectivity index (χ1n) is 9.47. The molecule has 2 heterocycles. The molecule has 1 aliphatic carbocycles. The van der Waals surface area contributed by atoms with Crippen LogP contribution in [0.15, 0.2) is 48.1 Å². The molecule has 1 aromatic heterocycles. The maximum atomic E-state index is 14.0. The third kappa shape index (κ3) is 3.98. The van der Waals surface area contributed by atoms with Crippen molar-refractivity contribution >= 4 is 16.7 Å². The van der Waals surface area contributed by atoms with Crippen molar-refractivity contribution in [2.24, 2.45) is 5.73 Å². The summed E-state index contributed by atoms with van der Waals surface area (Å²) in [7, 11) is 0. The molecule has 0 radical (unpaired) electrons. The number of nitrogens with one attached hydrogen (secondary N) is 1. The fourth-order valence-electron chi connectivity index (χ4n) is 3.61. The first-order chi connectivity index (χ1) is 13.9. The zero-order valence-corrected chi connectivity index (χ0v) is 15.6. The Labute approximate surface area is 165 Å². The first kappa shape index (κ1) is 19.8. The number of anilines is 1. The standard InChI is InChI=1S/C20H22F3N5O/c21-14-7-11(8-15(22)17(14)23)16(9-28-5-2-6-28)27-20-13-4-1-3-12(19(24)29)18(13)25-10-26-20/h1,3-4,7-8,10,14,16-17,19,29H,2,5-6,9,24H2,(H,25,26,27)/t14?,16-,17?,19?/m1/s1. The molecule has 4 rings (SSSR count). The Kier molecular flexibility index (Phi) is 5.53. The number of aromatic nitrogens is 2. The summed E-state index contributed by atoms with van der Waals surface area (Å²) in [4.78, 5) is 10.6. The van der Waals surface area contributed by atoms with Gasteiger partial charge < -0.3 is 21.1 Å². The lowest BCUT2D eigenvalue weighted by atomic mass is 9.96. The van der Waals surface area contributed by atoms with Crippen molar-refractivity contribution in [1.82, 2.24) is 14.9 Å². The highest BCUT2D eigenvalue weighted by molar-refractivity contribution is 5.91. The molecular formula is C20H22F3N5O. The van der Waals surface area contributed by atoms with E-state index in [1.54, 1.807) is 18.2 Å². The van der Waals surface area contributed by atoms with Crippen molar-refractivity contribution in [3.8, 4) is 0 Å². The van der Waals surface area contributed by atoms with Crippen LogP contribution in [-0.2, 0) is 0 Å². The number of benzene rings is 1. The highest BCUT2D eigenvalue weighted by Gasteiger charge is 2.31. The molecule has 0 spiro atoms.